The lowest BCUT2D eigenvalue weighted by Gasteiger charge is -2.16. The maximum absolute atomic E-state index is 12.0. The third-order valence-corrected chi connectivity index (χ3v) is 6.19. The summed E-state index contributed by atoms with van der Waals surface area (Å²) in [5, 5.41) is 9.05. The molecule has 1 saturated heterocycles. The second-order valence-electron chi connectivity index (χ2n) is 7.31. The number of carbonyl (C=O) groups excluding carboxylic acids is 1. The van der Waals surface area contributed by atoms with Gasteiger partial charge in [-0.25, -0.2) is 13.4 Å². The van der Waals surface area contributed by atoms with Crippen LogP contribution in [0.3, 0.4) is 0 Å². The van der Waals surface area contributed by atoms with Crippen LogP contribution in [0.1, 0.15) is 32.3 Å². The first-order chi connectivity index (χ1) is 13.8. The van der Waals surface area contributed by atoms with Gasteiger partial charge in [-0.15, -0.1) is 0 Å². The average Bonchev–Trinajstić information content (AvgIpc) is 2.98. The van der Waals surface area contributed by atoms with E-state index in [2.05, 4.69) is 20.9 Å². The van der Waals surface area contributed by atoms with Crippen molar-refractivity contribution < 1.29 is 17.9 Å². The van der Waals surface area contributed by atoms with Gasteiger partial charge in [0.05, 0.1) is 18.1 Å². The SMILES string of the molecule is CCNC(=NCC(C)Oc1cccc(C)c1)NCCC(=O)NC1CCS(=O)(=O)C1. The highest BCUT2D eigenvalue weighted by Gasteiger charge is 2.28. The molecule has 0 aliphatic carbocycles. The number of nitrogens with zero attached hydrogens (tertiary/aromatic N) is 1. The lowest BCUT2D eigenvalue weighted by molar-refractivity contribution is -0.121. The molecule has 8 nitrogen and oxygen atoms in total. The van der Waals surface area contributed by atoms with E-state index in [9.17, 15) is 13.2 Å². The summed E-state index contributed by atoms with van der Waals surface area (Å²) in [6, 6.07) is 7.61. The molecular weight excluding hydrogens is 392 g/mol. The fourth-order valence-corrected chi connectivity index (χ4v) is 4.70. The minimum absolute atomic E-state index is 0.0368. The molecule has 0 radical (unpaired) electrons. The van der Waals surface area contributed by atoms with Gasteiger partial charge >= 0.3 is 0 Å². The summed E-state index contributed by atoms with van der Waals surface area (Å²) in [4.78, 5) is 16.5. The highest BCUT2D eigenvalue weighted by molar-refractivity contribution is 7.91. The molecule has 9 heteroatoms. The normalized spacial score (nSPS) is 19.4. The Labute approximate surface area is 173 Å². The Morgan fingerprint density at radius 3 is 2.79 bits per heavy atom. The molecule has 0 aromatic heterocycles. The third kappa shape index (κ3) is 8.72. The monoisotopic (exact) mass is 424 g/mol. The summed E-state index contributed by atoms with van der Waals surface area (Å²) >= 11 is 0. The van der Waals surface area contributed by atoms with Gasteiger partial charge in [-0.3, -0.25) is 4.79 Å². The Bertz CT molecular complexity index is 810. The molecule has 2 unspecified atom stereocenters. The van der Waals surface area contributed by atoms with Gasteiger partial charge in [-0.1, -0.05) is 12.1 Å². The molecule has 1 aromatic carbocycles. The van der Waals surface area contributed by atoms with E-state index in [1.165, 1.54) is 0 Å². The fourth-order valence-electron chi connectivity index (χ4n) is 3.02. The first-order valence-electron chi connectivity index (χ1n) is 10.0. The van der Waals surface area contributed by atoms with Crippen LogP contribution in [0.5, 0.6) is 5.75 Å². The van der Waals surface area contributed by atoms with Crippen molar-refractivity contribution >= 4 is 21.7 Å². The number of benzene rings is 1. The van der Waals surface area contributed by atoms with Crippen molar-refractivity contribution in [2.24, 2.45) is 4.99 Å². The molecule has 2 atom stereocenters. The summed E-state index contributed by atoms with van der Waals surface area (Å²) in [6.45, 7) is 7.52. The van der Waals surface area contributed by atoms with Gasteiger partial charge in [0.1, 0.15) is 11.9 Å². The molecule has 1 fully saturated rings. The van der Waals surface area contributed by atoms with E-state index in [4.69, 9.17) is 4.74 Å². The number of aliphatic imine (C=N–C) groups is 1. The maximum atomic E-state index is 12.0. The molecule has 1 heterocycles. The molecule has 1 aromatic rings. The summed E-state index contributed by atoms with van der Waals surface area (Å²) in [5.74, 6) is 1.46. The van der Waals surface area contributed by atoms with Crippen molar-refractivity contribution in [3.63, 3.8) is 0 Å². The Morgan fingerprint density at radius 1 is 1.34 bits per heavy atom. The highest BCUT2D eigenvalue weighted by Crippen LogP contribution is 2.14. The maximum Gasteiger partial charge on any atom is 0.222 e. The van der Waals surface area contributed by atoms with Crippen LogP contribution in [0.15, 0.2) is 29.3 Å². The van der Waals surface area contributed by atoms with Crippen LogP contribution in [0.25, 0.3) is 0 Å². The van der Waals surface area contributed by atoms with Crippen LogP contribution >= 0.6 is 0 Å². The predicted octanol–water partition coefficient (Wildman–Crippen LogP) is 1.01. The molecule has 1 aliphatic rings. The Morgan fingerprint density at radius 2 is 2.14 bits per heavy atom. The minimum Gasteiger partial charge on any atom is -0.489 e. The highest BCUT2D eigenvalue weighted by atomic mass is 32.2. The molecule has 0 bridgehead atoms. The quantitative estimate of drug-likeness (QED) is 0.403. The number of amides is 1. The number of guanidine groups is 1. The van der Waals surface area contributed by atoms with Crippen LogP contribution in [0, 0.1) is 6.92 Å². The fraction of sp³-hybridized carbons (Fsp3) is 0.600. The number of carbonyl (C=O) groups is 1. The van der Waals surface area contributed by atoms with Crippen LogP contribution in [-0.4, -0.2) is 63.6 Å². The lowest BCUT2D eigenvalue weighted by atomic mass is 10.2. The number of nitrogens with one attached hydrogen (secondary N) is 3. The van der Waals surface area contributed by atoms with Crippen molar-refractivity contribution in [3.05, 3.63) is 29.8 Å². The average molecular weight is 425 g/mol. The molecule has 1 aliphatic heterocycles. The first kappa shape index (κ1) is 23.0. The smallest absolute Gasteiger partial charge is 0.222 e. The first-order valence-corrected chi connectivity index (χ1v) is 11.8. The van der Waals surface area contributed by atoms with Gasteiger partial charge in [0, 0.05) is 25.6 Å². The summed E-state index contributed by atoms with van der Waals surface area (Å²) < 4.78 is 28.8. The number of hydrogen-bond donors (Lipinski definition) is 3. The van der Waals surface area contributed by atoms with Crippen molar-refractivity contribution in [2.45, 2.75) is 45.8 Å². The molecule has 0 spiro atoms. The Kier molecular flexibility index (Phi) is 8.75. The van der Waals surface area contributed by atoms with Crippen molar-refractivity contribution in [1.29, 1.82) is 0 Å². The van der Waals surface area contributed by atoms with Gasteiger partial charge in [-0.2, -0.15) is 0 Å². The molecule has 0 saturated carbocycles. The van der Waals surface area contributed by atoms with E-state index in [1.807, 2.05) is 45.0 Å². The van der Waals surface area contributed by atoms with Crippen molar-refractivity contribution in [2.75, 3.05) is 31.1 Å². The number of sulfone groups is 1. The largest absolute Gasteiger partial charge is 0.489 e. The lowest BCUT2D eigenvalue weighted by Crippen LogP contribution is -2.41. The summed E-state index contributed by atoms with van der Waals surface area (Å²) in [7, 11) is -2.99. The second-order valence-corrected chi connectivity index (χ2v) is 9.54. The van der Waals surface area contributed by atoms with Gasteiger partial charge in [0.2, 0.25) is 5.91 Å². The molecular formula is C20H32N4O4S. The van der Waals surface area contributed by atoms with E-state index in [0.29, 0.717) is 32.0 Å². The zero-order valence-corrected chi connectivity index (χ0v) is 18.2. The zero-order chi connectivity index (χ0) is 21.3. The van der Waals surface area contributed by atoms with Crippen molar-refractivity contribution in [3.8, 4) is 5.75 Å². The van der Waals surface area contributed by atoms with E-state index >= 15 is 0 Å². The van der Waals surface area contributed by atoms with Gasteiger partial charge in [0.15, 0.2) is 15.8 Å². The van der Waals surface area contributed by atoms with Crippen LogP contribution in [0.4, 0.5) is 0 Å². The second kappa shape index (κ2) is 11.0. The van der Waals surface area contributed by atoms with E-state index in [-0.39, 0.29) is 36.0 Å². The molecule has 3 N–H and O–H groups in total. The third-order valence-electron chi connectivity index (χ3n) is 4.42. The summed E-state index contributed by atoms with van der Waals surface area (Å²) in [6.07, 6.45) is 0.639. The number of ether oxygens (including phenoxy) is 1. The number of hydrogen-bond acceptors (Lipinski definition) is 5. The zero-order valence-electron chi connectivity index (χ0n) is 17.4. The standard InChI is InChI=1S/C20H32N4O4S/c1-4-21-20(23-13-16(3)28-18-7-5-6-15(2)12-18)22-10-8-19(25)24-17-9-11-29(26,27)14-17/h5-7,12,16-17H,4,8-11,13-14H2,1-3H3,(H,24,25)(H2,21,22,23). The topological polar surface area (TPSA) is 109 Å². The predicted molar refractivity (Wildman–Crippen MR) is 115 cm³/mol. The molecule has 162 valence electrons. The Balaban J connectivity index is 1.74. The van der Waals surface area contributed by atoms with Gasteiger partial charge in [0.25, 0.3) is 0 Å². The van der Waals surface area contributed by atoms with Crippen LogP contribution in [-0.2, 0) is 14.6 Å². The van der Waals surface area contributed by atoms with Crippen LogP contribution < -0.4 is 20.7 Å². The van der Waals surface area contributed by atoms with E-state index in [0.717, 1.165) is 11.3 Å². The number of aryl methyl sites for hydroxylation is 1. The molecule has 1 amide bonds. The van der Waals surface area contributed by atoms with Crippen LogP contribution in [0.2, 0.25) is 0 Å². The van der Waals surface area contributed by atoms with E-state index < -0.39 is 9.84 Å². The molecule has 2 rings (SSSR count). The van der Waals surface area contributed by atoms with Gasteiger partial charge < -0.3 is 20.7 Å². The molecule has 29 heavy (non-hydrogen) atoms. The van der Waals surface area contributed by atoms with Gasteiger partial charge in [-0.05, 0) is 44.9 Å². The minimum atomic E-state index is -2.99. The van der Waals surface area contributed by atoms with E-state index in [1.54, 1.807) is 0 Å². The summed E-state index contributed by atoms with van der Waals surface area (Å²) in [5.41, 5.74) is 1.14. The van der Waals surface area contributed by atoms with Crippen molar-refractivity contribution in [1.82, 2.24) is 16.0 Å². The Hall–Kier alpha value is -2.29. The number of rotatable bonds is 9.